The molecule has 0 spiro atoms. The van der Waals surface area contributed by atoms with Gasteiger partial charge in [-0.3, -0.25) is 0 Å². The molecule has 1 fully saturated rings. The van der Waals surface area contributed by atoms with Gasteiger partial charge in [0, 0.05) is 21.7 Å². The summed E-state index contributed by atoms with van der Waals surface area (Å²) in [4.78, 5) is 21.4. The molecule has 1 aliphatic rings. The minimum Gasteiger partial charge on any atom is -0.318 e. The Morgan fingerprint density at radius 1 is 1.22 bits per heavy atom. The highest BCUT2D eigenvalue weighted by atomic mass is 35.5. The molecule has 3 aromatic rings. The van der Waals surface area contributed by atoms with Crippen molar-refractivity contribution >= 4 is 46.4 Å². The second-order valence-electron chi connectivity index (χ2n) is 6.41. The van der Waals surface area contributed by atoms with Gasteiger partial charge in [-0.25, -0.2) is 9.78 Å². The second-order valence-corrected chi connectivity index (χ2v) is 7.81. The fraction of sp³-hybridized carbons (Fsp3) is 0.190. The third kappa shape index (κ3) is 4.67. The van der Waals surface area contributed by atoms with Crippen molar-refractivity contribution in [2.75, 3.05) is 0 Å². The van der Waals surface area contributed by atoms with Crippen molar-refractivity contribution in [1.29, 1.82) is 0 Å². The number of rotatable bonds is 6. The Labute approximate surface area is 166 Å². The topological polar surface area (TPSA) is 51.5 Å². The molecule has 1 heterocycles. The van der Waals surface area contributed by atoms with Gasteiger partial charge in [0.25, 0.3) is 0 Å². The van der Waals surface area contributed by atoms with Crippen LogP contribution in [0.4, 0.5) is 0 Å². The molecule has 0 atom stereocenters. The van der Waals surface area contributed by atoms with Crippen LogP contribution in [0.5, 0.6) is 0 Å². The Hall–Kier alpha value is -2.37. The lowest BCUT2D eigenvalue weighted by Crippen LogP contribution is -2.02. The van der Waals surface area contributed by atoms with Crippen LogP contribution < -0.4 is 0 Å². The Balaban J connectivity index is 1.56. The van der Waals surface area contributed by atoms with Crippen molar-refractivity contribution in [1.82, 2.24) is 4.98 Å². The zero-order chi connectivity index (χ0) is 18.6. The van der Waals surface area contributed by atoms with Gasteiger partial charge in [0.05, 0.1) is 17.6 Å². The molecular weight excluding hydrogens is 380 g/mol. The van der Waals surface area contributed by atoms with Gasteiger partial charge < -0.3 is 4.84 Å². The molecule has 0 saturated heterocycles. The lowest BCUT2D eigenvalue weighted by Gasteiger charge is -2.07. The van der Waals surface area contributed by atoms with Crippen molar-refractivity contribution in [2.24, 2.45) is 11.1 Å². The number of carbonyl (C=O) groups excluding carboxylic acids is 1. The third-order valence-electron chi connectivity index (χ3n) is 4.25. The van der Waals surface area contributed by atoms with Crippen molar-refractivity contribution in [3.63, 3.8) is 0 Å². The number of benzene rings is 2. The van der Waals surface area contributed by atoms with Crippen LogP contribution in [-0.2, 0) is 15.4 Å². The molecule has 136 valence electrons. The first-order chi connectivity index (χ1) is 13.2. The van der Waals surface area contributed by atoms with Gasteiger partial charge in [-0.2, -0.15) is 0 Å². The number of fused-ring (bicyclic) bond motifs is 1. The normalized spacial score (nSPS) is 14.0. The first-order valence-electron chi connectivity index (χ1n) is 8.70. The fourth-order valence-corrected chi connectivity index (χ4v) is 3.65. The van der Waals surface area contributed by atoms with Gasteiger partial charge in [-0.15, -0.1) is 11.8 Å². The van der Waals surface area contributed by atoms with Gasteiger partial charge in [-0.05, 0) is 42.7 Å². The van der Waals surface area contributed by atoms with Gasteiger partial charge in [0.15, 0.2) is 0 Å². The predicted molar refractivity (Wildman–Crippen MR) is 109 cm³/mol. The summed E-state index contributed by atoms with van der Waals surface area (Å²) in [7, 11) is 0. The molecular formula is C21H17ClN2O2S. The zero-order valence-electron chi connectivity index (χ0n) is 14.5. The van der Waals surface area contributed by atoms with Crippen molar-refractivity contribution in [2.45, 2.75) is 23.6 Å². The van der Waals surface area contributed by atoms with Crippen molar-refractivity contribution < 1.29 is 9.63 Å². The smallest absolute Gasteiger partial charge is 0.318 e. The summed E-state index contributed by atoms with van der Waals surface area (Å²) in [6.45, 7) is 0. The summed E-state index contributed by atoms with van der Waals surface area (Å²) >= 11 is 7.56. The fourth-order valence-electron chi connectivity index (χ4n) is 2.58. The van der Waals surface area contributed by atoms with Gasteiger partial charge in [-0.1, -0.05) is 47.1 Å². The van der Waals surface area contributed by atoms with E-state index in [9.17, 15) is 4.79 Å². The highest BCUT2D eigenvalue weighted by molar-refractivity contribution is 7.98. The number of thioether (sulfide) groups is 1. The Morgan fingerprint density at radius 2 is 2.00 bits per heavy atom. The number of aromatic nitrogens is 1. The van der Waals surface area contributed by atoms with Gasteiger partial charge >= 0.3 is 5.97 Å². The number of nitrogens with zero attached hydrogens (tertiary/aromatic N) is 2. The lowest BCUT2D eigenvalue weighted by atomic mass is 10.2. The monoisotopic (exact) mass is 396 g/mol. The van der Waals surface area contributed by atoms with E-state index < -0.39 is 0 Å². The van der Waals surface area contributed by atoms with E-state index in [0.717, 1.165) is 50.7 Å². The number of pyridine rings is 1. The Bertz CT molecular complexity index is 1000. The maximum absolute atomic E-state index is 11.7. The molecule has 0 radical (unpaired) electrons. The standard InChI is InChI=1S/C21H17ClN2O2S/c22-18-9-5-14(6-10-18)13-27-20-17(12-23-26-21(25)15-7-8-15)11-16-3-1-2-4-19(16)24-20/h1-6,9-12,15H,7-8,13H2/b23-12-. The van der Waals surface area contributed by atoms with Crippen LogP contribution in [0.2, 0.25) is 5.02 Å². The Kier molecular flexibility index (Phi) is 5.41. The molecule has 1 aliphatic carbocycles. The molecule has 4 nitrogen and oxygen atoms in total. The number of hydrogen-bond donors (Lipinski definition) is 0. The number of hydrogen-bond acceptors (Lipinski definition) is 5. The molecule has 0 amide bonds. The Morgan fingerprint density at radius 3 is 2.78 bits per heavy atom. The molecule has 6 heteroatoms. The molecule has 1 saturated carbocycles. The van der Waals surface area contributed by atoms with E-state index >= 15 is 0 Å². The summed E-state index contributed by atoms with van der Waals surface area (Å²) in [6, 6.07) is 17.7. The number of halogens is 1. The largest absolute Gasteiger partial charge is 0.338 e. The maximum atomic E-state index is 11.7. The van der Waals surface area contributed by atoms with Gasteiger partial charge in [0.1, 0.15) is 5.03 Å². The predicted octanol–water partition coefficient (Wildman–Crippen LogP) is 5.47. The molecule has 2 aromatic carbocycles. The zero-order valence-corrected chi connectivity index (χ0v) is 16.0. The quantitative estimate of drug-likeness (QED) is 0.240. The van der Waals surface area contributed by atoms with Crippen LogP contribution in [0.3, 0.4) is 0 Å². The minimum absolute atomic E-state index is 0.0237. The highest BCUT2D eigenvalue weighted by Gasteiger charge is 2.31. The van der Waals surface area contributed by atoms with Crippen molar-refractivity contribution in [3.8, 4) is 0 Å². The first-order valence-corrected chi connectivity index (χ1v) is 10.1. The number of carbonyl (C=O) groups is 1. The van der Waals surface area contributed by atoms with E-state index in [-0.39, 0.29) is 11.9 Å². The summed E-state index contributed by atoms with van der Waals surface area (Å²) in [5, 5.41) is 6.47. The van der Waals surface area contributed by atoms with Crippen LogP contribution >= 0.6 is 23.4 Å². The van der Waals surface area contributed by atoms with Crippen LogP contribution in [0, 0.1) is 5.92 Å². The number of para-hydroxylation sites is 1. The summed E-state index contributed by atoms with van der Waals surface area (Å²) in [5.41, 5.74) is 2.90. The van der Waals surface area contributed by atoms with E-state index in [2.05, 4.69) is 5.16 Å². The van der Waals surface area contributed by atoms with Gasteiger partial charge in [0.2, 0.25) is 0 Å². The average Bonchev–Trinajstić information content (AvgIpc) is 3.53. The first kappa shape index (κ1) is 18.0. The summed E-state index contributed by atoms with van der Waals surface area (Å²) in [6.07, 6.45) is 3.37. The van der Waals surface area contributed by atoms with E-state index in [1.54, 1.807) is 18.0 Å². The average molecular weight is 397 g/mol. The molecule has 0 bridgehead atoms. The second kappa shape index (κ2) is 8.11. The SMILES string of the molecule is O=C(O/N=C\c1cc2ccccc2nc1SCc1ccc(Cl)cc1)C1CC1. The maximum Gasteiger partial charge on any atom is 0.338 e. The van der Waals surface area contributed by atoms with Crippen LogP contribution in [0.15, 0.2) is 64.8 Å². The van der Waals surface area contributed by atoms with Crippen molar-refractivity contribution in [3.05, 3.63) is 70.7 Å². The third-order valence-corrected chi connectivity index (χ3v) is 5.58. The van der Waals surface area contributed by atoms with E-state index in [0.29, 0.717) is 0 Å². The van der Waals surface area contributed by atoms with E-state index in [1.807, 2.05) is 54.6 Å². The molecule has 0 unspecified atom stereocenters. The van der Waals surface area contributed by atoms with Crippen LogP contribution in [-0.4, -0.2) is 17.2 Å². The lowest BCUT2D eigenvalue weighted by molar-refractivity contribution is -0.145. The van der Waals surface area contributed by atoms with E-state index in [1.165, 1.54) is 0 Å². The van der Waals surface area contributed by atoms with Crippen LogP contribution in [0.1, 0.15) is 24.0 Å². The molecule has 0 N–H and O–H groups in total. The summed E-state index contributed by atoms with van der Waals surface area (Å²) < 4.78 is 0. The highest BCUT2D eigenvalue weighted by Crippen LogP contribution is 2.30. The summed E-state index contributed by atoms with van der Waals surface area (Å²) in [5.74, 6) is 0.525. The molecule has 4 rings (SSSR count). The molecule has 27 heavy (non-hydrogen) atoms. The van der Waals surface area contributed by atoms with Crippen LogP contribution in [0.25, 0.3) is 10.9 Å². The number of oxime groups is 1. The molecule has 1 aromatic heterocycles. The minimum atomic E-state index is -0.254. The molecule has 0 aliphatic heterocycles. The van der Waals surface area contributed by atoms with E-state index in [4.69, 9.17) is 21.4 Å².